The first-order chi connectivity index (χ1) is 10.2. The third-order valence-electron chi connectivity index (χ3n) is 4.94. The van der Waals surface area contributed by atoms with E-state index in [1.54, 1.807) is 0 Å². The smallest absolute Gasteiger partial charge is 0.162 e. The van der Waals surface area contributed by atoms with Gasteiger partial charge in [-0.15, -0.1) is 0 Å². The highest BCUT2D eigenvalue weighted by Gasteiger charge is 2.24. The van der Waals surface area contributed by atoms with Crippen LogP contribution in [0.1, 0.15) is 25.0 Å². The lowest BCUT2D eigenvalue weighted by Crippen LogP contribution is -2.31. The molecule has 104 valence electrons. The van der Waals surface area contributed by atoms with Crippen LogP contribution in [0.15, 0.2) is 36.4 Å². The largest absolute Gasteiger partial charge is 0.294 e. The van der Waals surface area contributed by atoms with Gasteiger partial charge in [0.1, 0.15) is 0 Å². The zero-order valence-electron chi connectivity index (χ0n) is 12.4. The van der Waals surface area contributed by atoms with Gasteiger partial charge in [0.05, 0.1) is 0 Å². The lowest BCUT2D eigenvalue weighted by Gasteiger charge is -2.22. The topological polar surface area (TPSA) is 17.1 Å². The Labute approximate surface area is 123 Å². The number of rotatable bonds is 0. The normalized spacial score (nSPS) is 19.4. The molecule has 0 bridgehead atoms. The highest BCUT2D eigenvalue weighted by molar-refractivity contribution is 6.16. The molecular formula is C20H18O. The first-order valence-corrected chi connectivity index (χ1v) is 7.62. The van der Waals surface area contributed by atoms with Gasteiger partial charge in [0.15, 0.2) is 5.78 Å². The summed E-state index contributed by atoms with van der Waals surface area (Å²) in [7, 11) is 0. The highest BCUT2D eigenvalue weighted by Crippen LogP contribution is 2.22. The number of benzene rings is 2. The molecule has 0 radical (unpaired) electrons. The van der Waals surface area contributed by atoms with Crippen molar-refractivity contribution in [3.05, 3.63) is 68.4 Å². The van der Waals surface area contributed by atoms with Gasteiger partial charge in [0, 0.05) is 5.92 Å². The number of fused-ring (bicyclic) bond motifs is 4. The fourth-order valence-electron chi connectivity index (χ4n) is 3.80. The fraction of sp³-hybridized carbons (Fsp3) is 0.250. The van der Waals surface area contributed by atoms with Crippen LogP contribution in [0.2, 0.25) is 0 Å². The molecule has 1 nitrogen and oxygen atoms in total. The maximum absolute atomic E-state index is 12.2. The lowest BCUT2D eigenvalue weighted by molar-refractivity contribution is -0.117. The van der Waals surface area contributed by atoms with Crippen LogP contribution in [0.4, 0.5) is 0 Å². The molecule has 2 aliphatic carbocycles. The summed E-state index contributed by atoms with van der Waals surface area (Å²) < 4.78 is 0. The minimum atomic E-state index is 0.112. The predicted octanol–water partition coefficient (Wildman–Crippen LogP) is 2.24. The van der Waals surface area contributed by atoms with Gasteiger partial charge in [-0.2, -0.15) is 0 Å². The van der Waals surface area contributed by atoms with E-state index in [0.717, 1.165) is 18.4 Å². The van der Waals surface area contributed by atoms with Crippen molar-refractivity contribution in [1.82, 2.24) is 0 Å². The van der Waals surface area contributed by atoms with Gasteiger partial charge < -0.3 is 0 Å². The van der Waals surface area contributed by atoms with E-state index in [-0.39, 0.29) is 5.92 Å². The van der Waals surface area contributed by atoms with Crippen LogP contribution in [-0.4, -0.2) is 5.78 Å². The van der Waals surface area contributed by atoms with Crippen molar-refractivity contribution in [1.29, 1.82) is 0 Å². The highest BCUT2D eigenvalue weighted by atomic mass is 16.1. The third kappa shape index (κ3) is 1.73. The molecule has 4 rings (SSSR count). The van der Waals surface area contributed by atoms with Crippen molar-refractivity contribution in [2.75, 3.05) is 0 Å². The van der Waals surface area contributed by atoms with Crippen LogP contribution < -0.4 is 10.4 Å². The second-order valence-electron chi connectivity index (χ2n) is 6.21. The quantitative estimate of drug-likeness (QED) is 0.720. The molecule has 2 aromatic rings. The molecule has 1 atom stereocenters. The molecule has 0 aliphatic heterocycles. The predicted molar refractivity (Wildman–Crippen MR) is 84.9 cm³/mol. The molecule has 0 heterocycles. The number of Topliss-reactive ketones (excluding diaryl/α,β-unsaturated/α-hetero) is 1. The molecule has 2 aliphatic rings. The van der Waals surface area contributed by atoms with E-state index < -0.39 is 0 Å². The molecule has 1 unspecified atom stereocenters. The summed E-state index contributed by atoms with van der Waals surface area (Å²) >= 11 is 0. The average molecular weight is 274 g/mol. The van der Waals surface area contributed by atoms with Crippen LogP contribution in [0.5, 0.6) is 0 Å². The summed E-state index contributed by atoms with van der Waals surface area (Å²) in [6.45, 7) is 4.03. The molecule has 0 aromatic heterocycles. The van der Waals surface area contributed by atoms with E-state index >= 15 is 0 Å². The molecule has 0 N–H and O–H groups in total. The van der Waals surface area contributed by atoms with Gasteiger partial charge in [0.2, 0.25) is 0 Å². The number of carbonyl (C=O) groups is 1. The van der Waals surface area contributed by atoms with E-state index in [0.29, 0.717) is 5.78 Å². The molecule has 0 saturated carbocycles. The number of ketones is 1. The molecule has 0 saturated heterocycles. The number of hydrogen-bond donors (Lipinski definition) is 0. The molecule has 0 amide bonds. The van der Waals surface area contributed by atoms with Crippen LogP contribution in [0.25, 0.3) is 11.6 Å². The van der Waals surface area contributed by atoms with Gasteiger partial charge in [-0.25, -0.2) is 0 Å². The minimum Gasteiger partial charge on any atom is -0.294 e. The van der Waals surface area contributed by atoms with Gasteiger partial charge in [-0.1, -0.05) is 49.4 Å². The average Bonchev–Trinajstić information content (AvgIpc) is 2.52. The Balaban J connectivity index is 2.21. The Morgan fingerprint density at radius 2 is 1.71 bits per heavy atom. The van der Waals surface area contributed by atoms with Crippen molar-refractivity contribution in [3.63, 3.8) is 0 Å². The Morgan fingerprint density at radius 1 is 0.952 bits per heavy atom. The van der Waals surface area contributed by atoms with Gasteiger partial charge in [0.25, 0.3) is 0 Å². The van der Waals surface area contributed by atoms with E-state index in [9.17, 15) is 4.79 Å². The van der Waals surface area contributed by atoms with Crippen molar-refractivity contribution in [3.8, 4) is 0 Å². The maximum atomic E-state index is 12.2. The Hall–Kier alpha value is -2.15. The number of hydrogen-bond acceptors (Lipinski definition) is 1. The molecule has 2 aromatic carbocycles. The maximum Gasteiger partial charge on any atom is 0.162 e. The SMILES string of the molecule is CC1=c2ccc3c(c2CC(C)C1=O)CC=c1ccccc1=3. The monoisotopic (exact) mass is 274 g/mol. The van der Waals surface area contributed by atoms with Crippen molar-refractivity contribution < 1.29 is 4.79 Å². The number of carbonyl (C=O) groups excluding carboxylic acids is 1. The summed E-state index contributed by atoms with van der Waals surface area (Å²) in [6.07, 6.45) is 4.17. The summed E-state index contributed by atoms with van der Waals surface area (Å²) in [6, 6.07) is 12.9. The Bertz CT molecular complexity index is 979. The molecule has 0 fully saturated rings. The van der Waals surface area contributed by atoms with Crippen molar-refractivity contribution in [2.45, 2.75) is 26.7 Å². The second-order valence-corrected chi connectivity index (χ2v) is 6.21. The first kappa shape index (κ1) is 12.6. The zero-order chi connectivity index (χ0) is 14.6. The standard InChI is InChI=1S/C20H18O/c1-12-11-19-15(13(2)20(12)21)9-10-17-16-6-4-3-5-14(16)7-8-18(17)19/h3-7,9-10,12H,8,11H2,1-2H3. The van der Waals surface area contributed by atoms with Crippen molar-refractivity contribution in [2.24, 2.45) is 5.92 Å². The summed E-state index contributed by atoms with van der Waals surface area (Å²) in [5, 5.41) is 5.17. The summed E-state index contributed by atoms with van der Waals surface area (Å²) in [5.74, 6) is 0.420. The fourth-order valence-corrected chi connectivity index (χ4v) is 3.80. The van der Waals surface area contributed by atoms with E-state index in [1.807, 2.05) is 6.92 Å². The van der Waals surface area contributed by atoms with Crippen LogP contribution >= 0.6 is 0 Å². The van der Waals surface area contributed by atoms with Gasteiger partial charge in [-0.05, 0) is 57.3 Å². The lowest BCUT2D eigenvalue weighted by atomic mass is 9.81. The Kier molecular flexibility index (Phi) is 2.65. The van der Waals surface area contributed by atoms with E-state index in [1.165, 1.54) is 32.0 Å². The zero-order valence-corrected chi connectivity index (χ0v) is 12.4. The molecule has 0 spiro atoms. The van der Waals surface area contributed by atoms with Crippen molar-refractivity contribution >= 4 is 17.4 Å². The molecule has 1 heteroatoms. The summed E-state index contributed by atoms with van der Waals surface area (Å²) in [5.41, 5.74) is 3.75. The second kappa shape index (κ2) is 4.42. The van der Waals surface area contributed by atoms with Gasteiger partial charge >= 0.3 is 0 Å². The Morgan fingerprint density at radius 3 is 2.57 bits per heavy atom. The van der Waals surface area contributed by atoms with Crippen LogP contribution in [0, 0.1) is 16.4 Å². The molecular weight excluding hydrogens is 256 g/mol. The third-order valence-corrected chi connectivity index (χ3v) is 4.94. The van der Waals surface area contributed by atoms with Gasteiger partial charge in [-0.3, -0.25) is 4.79 Å². The van der Waals surface area contributed by atoms with Crippen LogP contribution in [-0.2, 0) is 17.6 Å². The van der Waals surface area contributed by atoms with E-state index in [2.05, 4.69) is 49.4 Å². The van der Waals surface area contributed by atoms with E-state index in [4.69, 9.17) is 0 Å². The minimum absolute atomic E-state index is 0.112. The first-order valence-electron chi connectivity index (χ1n) is 7.62. The summed E-state index contributed by atoms with van der Waals surface area (Å²) in [4.78, 5) is 12.2. The van der Waals surface area contributed by atoms with Crippen LogP contribution in [0.3, 0.4) is 0 Å². The molecule has 21 heavy (non-hydrogen) atoms.